The van der Waals surface area contributed by atoms with Crippen molar-refractivity contribution in [1.29, 1.82) is 0 Å². The molecule has 0 aliphatic carbocycles. The van der Waals surface area contributed by atoms with Gasteiger partial charge >= 0.3 is 5.97 Å². The van der Waals surface area contributed by atoms with Crippen LogP contribution in [0.5, 0.6) is 5.75 Å². The molecule has 1 aromatic rings. The van der Waals surface area contributed by atoms with E-state index in [-0.39, 0.29) is 5.97 Å². The third kappa shape index (κ3) is 7.11. The fourth-order valence-electron chi connectivity index (χ4n) is 2.10. The van der Waals surface area contributed by atoms with Gasteiger partial charge in [-0.15, -0.1) is 0 Å². The summed E-state index contributed by atoms with van der Waals surface area (Å²) in [6.45, 7) is 3.11. The van der Waals surface area contributed by atoms with Gasteiger partial charge in [0.1, 0.15) is 5.75 Å². The molecule has 0 aliphatic rings. The molecule has 5 heteroatoms. The minimum atomic E-state index is -0.191. The third-order valence-electron chi connectivity index (χ3n) is 3.32. The number of ether oxygens (including phenoxy) is 2. The molecule has 0 fully saturated rings. The Kier molecular flexibility index (Phi) is 7.79. The minimum absolute atomic E-state index is 0.191. The first kappa shape index (κ1) is 17.5. The molecule has 0 aromatic heterocycles. The Morgan fingerprint density at radius 1 is 1.05 bits per heavy atom. The van der Waals surface area contributed by atoms with Crippen LogP contribution >= 0.6 is 0 Å². The summed E-state index contributed by atoms with van der Waals surface area (Å²) >= 11 is 0. The number of carbonyl (C=O) groups is 1. The van der Waals surface area contributed by atoms with Crippen molar-refractivity contribution in [2.24, 2.45) is 0 Å². The standard InChI is InChI=1S/C16H26N2O3/c1-17(10-5-11-18(2)13-16(19)21-4)12-14-6-8-15(20-3)9-7-14/h6-9H,5,10-13H2,1-4H3. The number of carbonyl (C=O) groups excluding carboxylic acids is 1. The Labute approximate surface area is 127 Å². The molecular weight excluding hydrogens is 268 g/mol. The number of hydrogen-bond acceptors (Lipinski definition) is 5. The minimum Gasteiger partial charge on any atom is -0.497 e. The number of hydrogen-bond donors (Lipinski definition) is 0. The van der Waals surface area contributed by atoms with Crippen LogP contribution in [-0.4, -0.2) is 63.7 Å². The molecule has 5 nitrogen and oxygen atoms in total. The van der Waals surface area contributed by atoms with Gasteiger partial charge in [0.15, 0.2) is 0 Å². The molecule has 118 valence electrons. The second kappa shape index (κ2) is 9.37. The zero-order valence-corrected chi connectivity index (χ0v) is 13.5. The number of rotatable bonds is 9. The first-order chi connectivity index (χ1) is 10.0. The molecular formula is C16H26N2O3. The van der Waals surface area contributed by atoms with Gasteiger partial charge in [-0.25, -0.2) is 0 Å². The van der Waals surface area contributed by atoms with Gasteiger partial charge in [0.25, 0.3) is 0 Å². The highest BCUT2D eigenvalue weighted by atomic mass is 16.5. The fraction of sp³-hybridized carbons (Fsp3) is 0.562. The van der Waals surface area contributed by atoms with Gasteiger partial charge in [0.2, 0.25) is 0 Å². The lowest BCUT2D eigenvalue weighted by Crippen LogP contribution is -2.30. The van der Waals surface area contributed by atoms with E-state index in [0.717, 1.165) is 31.8 Å². The second-order valence-corrected chi connectivity index (χ2v) is 5.25. The van der Waals surface area contributed by atoms with Gasteiger partial charge in [-0.05, 0) is 51.3 Å². The van der Waals surface area contributed by atoms with Crippen LogP contribution in [0.2, 0.25) is 0 Å². The van der Waals surface area contributed by atoms with E-state index in [4.69, 9.17) is 4.74 Å². The molecule has 0 atom stereocenters. The molecule has 0 aliphatic heterocycles. The zero-order chi connectivity index (χ0) is 15.7. The lowest BCUT2D eigenvalue weighted by Gasteiger charge is -2.19. The maximum Gasteiger partial charge on any atom is 0.319 e. The molecule has 0 amide bonds. The molecule has 1 rings (SSSR count). The average Bonchev–Trinajstić information content (AvgIpc) is 2.47. The summed E-state index contributed by atoms with van der Waals surface area (Å²) in [5.74, 6) is 0.690. The molecule has 0 bridgehead atoms. The van der Waals surface area contributed by atoms with Crippen LogP contribution in [0.3, 0.4) is 0 Å². The molecule has 0 spiro atoms. The Balaban J connectivity index is 2.24. The predicted molar refractivity (Wildman–Crippen MR) is 83.5 cm³/mol. The Morgan fingerprint density at radius 3 is 2.24 bits per heavy atom. The number of nitrogens with zero attached hydrogens (tertiary/aromatic N) is 2. The fourth-order valence-corrected chi connectivity index (χ4v) is 2.10. The summed E-state index contributed by atoms with van der Waals surface area (Å²) < 4.78 is 9.79. The normalized spacial score (nSPS) is 11.0. The Bertz CT molecular complexity index is 420. The monoisotopic (exact) mass is 294 g/mol. The molecule has 1 aromatic carbocycles. The SMILES string of the molecule is COC(=O)CN(C)CCCN(C)Cc1ccc(OC)cc1. The van der Waals surface area contributed by atoms with Crippen LogP contribution in [-0.2, 0) is 16.1 Å². The van der Waals surface area contributed by atoms with Gasteiger partial charge < -0.3 is 14.4 Å². The molecule has 21 heavy (non-hydrogen) atoms. The van der Waals surface area contributed by atoms with E-state index in [1.807, 2.05) is 24.1 Å². The van der Waals surface area contributed by atoms with E-state index in [0.29, 0.717) is 6.54 Å². The van der Waals surface area contributed by atoms with Crippen molar-refractivity contribution >= 4 is 5.97 Å². The van der Waals surface area contributed by atoms with Crippen molar-refractivity contribution in [3.63, 3.8) is 0 Å². The highest BCUT2D eigenvalue weighted by molar-refractivity contribution is 5.71. The quantitative estimate of drug-likeness (QED) is 0.648. The summed E-state index contributed by atoms with van der Waals surface area (Å²) in [6, 6.07) is 8.12. The maximum absolute atomic E-state index is 11.1. The van der Waals surface area contributed by atoms with Crippen LogP contribution in [0.25, 0.3) is 0 Å². The number of likely N-dealkylation sites (N-methyl/N-ethyl adjacent to an activating group) is 1. The van der Waals surface area contributed by atoms with Crippen molar-refractivity contribution in [2.75, 3.05) is 47.9 Å². The third-order valence-corrected chi connectivity index (χ3v) is 3.32. The van der Waals surface area contributed by atoms with E-state index in [1.54, 1.807) is 7.11 Å². The highest BCUT2D eigenvalue weighted by Gasteiger charge is 2.06. The number of benzene rings is 1. The zero-order valence-electron chi connectivity index (χ0n) is 13.5. The van der Waals surface area contributed by atoms with E-state index in [2.05, 4.69) is 28.8 Å². The summed E-state index contributed by atoms with van der Waals surface area (Å²) in [5.41, 5.74) is 1.27. The predicted octanol–water partition coefficient (Wildman–Crippen LogP) is 1.62. The van der Waals surface area contributed by atoms with Crippen molar-refractivity contribution in [2.45, 2.75) is 13.0 Å². The van der Waals surface area contributed by atoms with Crippen LogP contribution in [0.15, 0.2) is 24.3 Å². The van der Waals surface area contributed by atoms with E-state index in [9.17, 15) is 4.79 Å². The van der Waals surface area contributed by atoms with E-state index >= 15 is 0 Å². The highest BCUT2D eigenvalue weighted by Crippen LogP contribution is 2.12. The van der Waals surface area contributed by atoms with Gasteiger partial charge in [-0.2, -0.15) is 0 Å². The largest absolute Gasteiger partial charge is 0.497 e. The van der Waals surface area contributed by atoms with Crippen molar-refractivity contribution in [1.82, 2.24) is 9.80 Å². The lowest BCUT2D eigenvalue weighted by molar-refractivity contribution is -0.141. The van der Waals surface area contributed by atoms with Gasteiger partial charge in [0, 0.05) is 6.54 Å². The van der Waals surface area contributed by atoms with Crippen molar-refractivity contribution in [3.05, 3.63) is 29.8 Å². The average molecular weight is 294 g/mol. The summed E-state index contributed by atoms with van der Waals surface area (Å²) in [7, 11) is 7.12. The first-order valence-corrected chi connectivity index (χ1v) is 7.12. The van der Waals surface area contributed by atoms with E-state index in [1.165, 1.54) is 12.7 Å². The summed E-state index contributed by atoms with van der Waals surface area (Å²) in [4.78, 5) is 15.4. The van der Waals surface area contributed by atoms with Gasteiger partial charge in [-0.3, -0.25) is 9.69 Å². The van der Waals surface area contributed by atoms with Crippen molar-refractivity contribution in [3.8, 4) is 5.75 Å². The van der Waals surface area contributed by atoms with Crippen LogP contribution in [0.4, 0.5) is 0 Å². The summed E-state index contributed by atoms with van der Waals surface area (Å²) in [6.07, 6.45) is 1.01. The first-order valence-electron chi connectivity index (χ1n) is 7.12. The Morgan fingerprint density at radius 2 is 1.67 bits per heavy atom. The summed E-state index contributed by atoms with van der Waals surface area (Å²) in [5, 5.41) is 0. The topological polar surface area (TPSA) is 42.0 Å². The van der Waals surface area contributed by atoms with Crippen LogP contribution in [0, 0.1) is 0 Å². The molecule has 0 saturated heterocycles. The second-order valence-electron chi connectivity index (χ2n) is 5.25. The number of methoxy groups -OCH3 is 2. The maximum atomic E-state index is 11.1. The lowest BCUT2D eigenvalue weighted by atomic mass is 10.2. The molecule has 0 N–H and O–H groups in total. The Hall–Kier alpha value is -1.59. The van der Waals surface area contributed by atoms with Crippen molar-refractivity contribution < 1.29 is 14.3 Å². The van der Waals surface area contributed by atoms with Gasteiger partial charge in [0.05, 0.1) is 20.8 Å². The molecule has 0 unspecified atom stereocenters. The molecule has 0 heterocycles. The number of esters is 1. The van der Waals surface area contributed by atoms with E-state index < -0.39 is 0 Å². The molecule has 0 radical (unpaired) electrons. The van der Waals surface area contributed by atoms with Crippen LogP contribution < -0.4 is 4.74 Å². The smallest absolute Gasteiger partial charge is 0.319 e. The van der Waals surface area contributed by atoms with Gasteiger partial charge in [-0.1, -0.05) is 12.1 Å². The molecule has 0 saturated carbocycles. The van der Waals surface area contributed by atoms with Crippen LogP contribution in [0.1, 0.15) is 12.0 Å².